The molecule has 1 aromatic carbocycles. The predicted octanol–water partition coefficient (Wildman–Crippen LogP) is 4.08. The lowest BCUT2D eigenvalue weighted by atomic mass is 9.76. The number of aromatic nitrogens is 1. The molecule has 1 aliphatic carbocycles. The Balaban J connectivity index is 2.24. The second-order valence-corrected chi connectivity index (χ2v) is 6.37. The zero-order valence-corrected chi connectivity index (χ0v) is 12.0. The second-order valence-electron chi connectivity index (χ2n) is 6.37. The van der Waals surface area contributed by atoms with Gasteiger partial charge in [-0.05, 0) is 37.0 Å². The van der Waals surface area contributed by atoms with Gasteiger partial charge >= 0.3 is 0 Å². The molecule has 20 heavy (non-hydrogen) atoms. The number of Topliss-reactive ketones (excluding diaryl/α,β-unsaturated/α-hetero) is 1. The number of ketones is 1. The Hall–Kier alpha value is -1.90. The summed E-state index contributed by atoms with van der Waals surface area (Å²) in [5.41, 5.74) is 3.06. The van der Waals surface area contributed by atoms with E-state index in [1.54, 1.807) is 12.1 Å². The molecule has 2 aromatic rings. The lowest BCUT2D eigenvalue weighted by molar-refractivity contribution is 0.0911. The smallest absolute Gasteiger partial charge is 0.165 e. The first kappa shape index (κ1) is 13.1. The summed E-state index contributed by atoms with van der Waals surface area (Å²) in [5.74, 6) is -0.0979. The molecule has 1 heterocycles. The van der Waals surface area contributed by atoms with Crippen LogP contribution in [0, 0.1) is 18.2 Å². The predicted molar refractivity (Wildman–Crippen MR) is 76.9 cm³/mol. The van der Waals surface area contributed by atoms with Crippen LogP contribution < -0.4 is 0 Å². The number of hydrogen-bond acceptors (Lipinski definition) is 1. The molecule has 0 bridgehead atoms. The molecule has 0 fully saturated rings. The monoisotopic (exact) mass is 271 g/mol. The number of para-hydroxylation sites is 1. The second kappa shape index (κ2) is 4.30. The van der Waals surface area contributed by atoms with Crippen molar-refractivity contribution in [2.24, 2.45) is 5.41 Å². The minimum absolute atomic E-state index is 0.0715. The molecular weight excluding hydrogens is 253 g/mol. The molecule has 0 saturated carbocycles. The van der Waals surface area contributed by atoms with Crippen LogP contribution in [-0.4, -0.2) is 10.4 Å². The number of carbonyl (C=O) groups is 1. The van der Waals surface area contributed by atoms with Crippen molar-refractivity contribution in [3.8, 4) is 5.69 Å². The number of benzene rings is 1. The number of aryl methyl sites for hydroxylation is 1. The highest BCUT2D eigenvalue weighted by Gasteiger charge is 2.34. The van der Waals surface area contributed by atoms with Gasteiger partial charge in [0, 0.05) is 23.4 Å². The van der Waals surface area contributed by atoms with Gasteiger partial charge in [-0.1, -0.05) is 26.0 Å². The van der Waals surface area contributed by atoms with Gasteiger partial charge in [0.05, 0.1) is 5.69 Å². The summed E-state index contributed by atoms with van der Waals surface area (Å²) >= 11 is 0. The molecule has 0 unspecified atom stereocenters. The molecule has 0 radical (unpaired) electrons. The molecule has 0 saturated heterocycles. The standard InChI is InChI=1S/C17H18FNO/c1-11-8-12-15(9-17(2,3)10-16(12)20)19(11)14-7-5-4-6-13(14)18/h4-8H,9-10H2,1-3H3. The minimum Gasteiger partial charge on any atom is -0.315 e. The third-order valence-corrected chi connectivity index (χ3v) is 3.97. The molecule has 0 spiro atoms. The summed E-state index contributed by atoms with van der Waals surface area (Å²) in [5, 5.41) is 0. The van der Waals surface area contributed by atoms with Crippen LogP contribution in [0.1, 0.15) is 42.0 Å². The zero-order valence-electron chi connectivity index (χ0n) is 12.0. The number of hydrogen-bond donors (Lipinski definition) is 0. The number of carbonyl (C=O) groups excluding carboxylic acids is 1. The summed E-state index contributed by atoms with van der Waals surface area (Å²) in [4.78, 5) is 12.3. The first-order chi connectivity index (χ1) is 9.39. The van der Waals surface area contributed by atoms with Crippen molar-refractivity contribution in [2.45, 2.75) is 33.6 Å². The van der Waals surface area contributed by atoms with E-state index < -0.39 is 0 Å². The fourth-order valence-corrected chi connectivity index (χ4v) is 3.12. The average Bonchev–Trinajstić information content (AvgIpc) is 2.66. The van der Waals surface area contributed by atoms with E-state index >= 15 is 0 Å². The largest absolute Gasteiger partial charge is 0.315 e. The highest BCUT2D eigenvalue weighted by molar-refractivity contribution is 5.99. The molecular formula is C17H18FNO. The van der Waals surface area contributed by atoms with Gasteiger partial charge in [0.25, 0.3) is 0 Å². The highest BCUT2D eigenvalue weighted by Crippen LogP contribution is 2.37. The van der Waals surface area contributed by atoms with E-state index in [0.717, 1.165) is 23.4 Å². The van der Waals surface area contributed by atoms with Gasteiger partial charge < -0.3 is 4.57 Å². The number of halogens is 1. The van der Waals surface area contributed by atoms with Gasteiger partial charge in [-0.15, -0.1) is 0 Å². The molecule has 0 atom stereocenters. The van der Waals surface area contributed by atoms with Crippen LogP contribution in [0.4, 0.5) is 4.39 Å². The van der Waals surface area contributed by atoms with E-state index in [9.17, 15) is 9.18 Å². The maximum atomic E-state index is 14.1. The molecule has 2 nitrogen and oxygen atoms in total. The Labute approximate surface area is 118 Å². The Morgan fingerprint density at radius 1 is 1.20 bits per heavy atom. The molecule has 0 amide bonds. The van der Waals surface area contributed by atoms with Crippen LogP contribution in [0.5, 0.6) is 0 Å². The maximum Gasteiger partial charge on any atom is 0.165 e. The van der Waals surface area contributed by atoms with Crippen molar-refractivity contribution in [3.63, 3.8) is 0 Å². The van der Waals surface area contributed by atoms with Gasteiger partial charge in [-0.3, -0.25) is 4.79 Å². The number of rotatable bonds is 1. The lowest BCUT2D eigenvalue weighted by Crippen LogP contribution is -2.28. The number of fused-ring (bicyclic) bond motifs is 1. The van der Waals surface area contributed by atoms with Crippen LogP contribution in [0.2, 0.25) is 0 Å². The first-order valence-corrected chi connectivity index (χ1v) is 6.88. The normalized spacial score (nSPS) is 17.1. The third kappa shape index (κ3) is 1.98. The lowest BCUT2D eigenvalue weighted by Gasteiger charge is -2.30. The van der Waals surface area contributed by atoms with Gasteiger partial charge in [0.2, 0.25) is 0 Å². The molecule has 3 rings (SSSR count). The fraction of sp³-hybridized carbons (Fsp3) is 0.353. The van der Waals surface area contributed by atoms with Gasteiger partial charge in [-0.2, -0.15) is 0 Å². The van der Waals surface area contributed by atoms with Gasteiger partial charge in [0.15, 0.2) is 5.78 Å². The third-order valence-electron chi connectivity index (χ3n) is 3.97. The van der Waals surface area contributed by atoms with Crippen LogP contribution in [0.25, 0.3) is 5.69 Å². The van der Waals surface area contributed by atoms with Crippen molar-refractivity contribution in [3.05, 3.63) is 53.1 Å². The molecule has 0 aliphatic heterocycles. The van der Waals surface area contributed by atoms with E-state index in [4.69, 9.17) is 0 Å². The number of nitrogens with zero attached hydrogens (tertiary/aromatic N) is 1. The maximum absolute atomic E-state index is 14.1. The molecule has 1 aromatic heterocycles. The van der Waals surface area contributed by atoms with Crippen LogP contribution in [-0.2, 0) is 6.42 Å². The van der Waals surface area contributed by atoms with E-state index in [1.807, 2.05) is 23.6 Å². The quantitative estimate of drug-likeness (QED) is 0.766. The van der Waals surface area contributed by atoms with E-state index in [0.29, 0.717) is 12.1 Å². The van der Waals surface area contributed by atoms with Crippen molar-refractivity contribution in [1.82, 2.24) is 4.57 Å². The topological polar surface area (TPSA) is 22.0 Å². The first-order valence-electron chi connectivity index (χ1n) is 6.88. The Morgan fingerprint density at radius 3 is 2.60 bits per heavy atom. The summed E-state index contributed by atoms with van der Waals surface area (Å²) in [6.07, 6.45) is 1.34. The summed E-state index contributed by atoms with van der Waals surface area (Å²) in [6, 6.07) is 8.60. The van der Waals surface area contributed by atoms with Crippen LogP contribution >= 0.6 is 0 Å². The minimum atomic E-state index is -0.259. The fourth-order valence-electron chi connectivity index (χ4n) is 3.12. The van der Waals surface area contributed by atoms with Crippen LogP contribution in [0.3, 0.4) is 0 Å². The van der Waals surface area contributed by atoms with E-state index in [-0.39, 0.29) is 17.0 Å². The van der Waals surface area contributed by atoms with Crippen molar-refractivity contribution < 1.29 is 9.18 Å². The summed E-state index contributed by atoms with van der Waals surface area (Å²) in [6.45, 7) is 6.09. The summed E-state index contributed by atoms with van der Waals surface area (Å²) in [7, 11) is 0. The molecule has 104 valence electrons. The van der Waals surface area contributed by atoms with Gasteiger partial charge in [0.1, 0.15) is 5.82 Å². The molecule has 0 N–H and O–H groups in total. The zero-order chi connectivity index (χ0) is 14.5. The molecule has 1 aliphatic rings. The van der Waals surface area contributed by atoms with Crippen molar-refractivity contribution in [2.75, 3.05) is 0 Å². The summed E-state index contributed by atoms with van der Waals surface area (Å²) < 4.78 is 16.0. The van der Waals surface area contributed by atoms with Gasteiger partial charge in [-0.25, -0.2) is 4.39 Å². The van der Waals surface area contributed by atoms with E-state index in [2.05, 4.69) is 13.8 Å². The van der Waals surface area contributed by atoms with Crippen LogP contribution in [0.15, 0.2) is 30.3 Å². The Bertz CT molecular complexity index is 697. The van der Waals surface area contributed by atoms with Crippen molar-refractivity contribution >= 4 is 5.78 Å². The Kier molecular flexibility index (Phi) is 2.82. The van der Waals surface area contributed by atoms with E-state index in [1.165, 1.54) is 6.07 Å². The average molecular weight is 271 g/mol. The highest BCUT2D eigenvalue weighted by atomic mass is 19.1. The van der Waals surface area contributed by atoms with Crippen molar-refractivity contribution in [1.29, 1.82) is 0 Å². The SMILES string of the molecule is Cc1cc2c(n1-c1ccccc1F)CC(C)(C)CC2=O. The Morgan fingerprint density at radius 2 is 1.90 bits per heavy atom. The molecule has 3 heteroatoms.